The molecule has 0 spiro atoms. The van der Waals surface area contributed by atoms with Crippen LogP contribution in [0.2, 0.25) is 0 Å². The Hall–Kier alpha value is -2.30. The third kappa shape index (κ3) is 6.03. The zero-order valence-corrected chi connectivity index (χ0v) is 26.4. The van der Waals surface area contributed by atoms with Gasteiger partial charge in [-0.05, 0) is 93.2 Å². The minimum atomic E-state index is -0.00914. The maximum Gasteiger partial charge on any atom is 0.194 e. The normalized spacial score (nSPS) is 31.3. The zero-order chi connectivity index (χ0) is 29.3. The van der Waals surface area contributed by atoms with Crippen molar-refractivity contribution >= 4 is 11.6 Å². The van der Waals surface area contributed by atoms with Gasteiger partial charge < -0.3 is 0 Å². The highest BCUT2D eigenvalue weighted by atomic mass is 16.1. The van der Waals surface area contributed by atoms with Crippen molar-refractivity contribution in [3.05, 3.63) is 70.3 Å². The quantitative estimate of drug-likeness (QED) is 0.303. The highest BCUT2D eigenvalue weighted by Gasteiger charge is 2.41. The van der Waals surface area contributed by atoms with Crippen LogP contribution in [-0.2, 0) is 0 Å². The summed E-state index contributed by atoms with van der Waals surface area (Å²) in [4.78, 5) is 32.0. The summed E-state index contributed by atoms with van der Waals surface area (Å²) in [6, 6.07) is 14.2. The number of benzene rings is 2. The number of hydrogen-bond acceptors (Lipinski definition) is 4. The lowest BCUT2D eigenvalue weighted by molar-refractivity contribution is 0.0979. The lowest BCUT2D eigenvalue weighted by atomic mass is 9.80. The summed E-state index contributed by atoms with van der Waals surface area (Å²) >= 11 is 0. The molecule has 4 heteroatoms. The van der Waals surface area contributed by atoms with E-state index in [0.717, 1.165) is 36.4 Å². The number of hydrogen-bond donors (Lipinski definition) is 0. The summed E-state index contributed by atoms with van der Waals surface area (Å²) in [6.07, 6.45) is 20.9. The van der Waals surface area contributed by atoms with Crippen molar-refractivity contribution in [2.45, 2.75) is 108 Å². The molecule has 2 aromatic rings. The van der Waals surface area contributed by atoms with Crippen LogP contribution in [0, 0.1) is 23.7 Å². The highest BCUT2D eigenvalue weighted by Crippen LogP contribution is 2.49. The van der Waals surface area contributed by atoms with Crippen LogP contribution in [-0.4, -0.2) is 54.2 Å². The van der Waals surface area contributed by atoms with Crippen LogP contribution in [0.4, 0.5) is 0 Å². The number of likely N-dealkylation sites (N-methyl/N-ethyl adjacent to an activating group) is 1. The van der Waals surface area contributed by atoms with Crippen LogP contribution in [0.1, 0.15) is 140 Å². The van der Waals surface area contributed by atoms with Crippen LogP contribution in [0.25, 0.3) is 0 Å². The van der Waals surface area contributed by atoms with Gasteiger partial charge in [-0.2, -0.15) is 0 Å². The van der Waals surface area contributed by atoms with Crippen molar-refractivity contribution in [2.75, 3.05) is 26.8 Å². The second-order valence-corrected chi connectivity index (χ2v) is 14.9. The zero-order valence-electron chi connectivity index (χ0n) is 26.4. The van der Waals surface area contributed by atoms with Gasteiger partial charge in [0.15, 0.2) is 11.6 Å². The van der Waals surface area contributed by atoms with Gasteiger partial charge in [-0.25, -0.2) is 0 Å². The van der Waals surface area contributed by atoms with Crippen molar-refractivity contribution < 1.29 is 9.59 Å². The summed E-state index contributed by atoms with van der Waals surface area (Å²) < 4.78 is 0. The number of carbonyl (C=O) groups excluding carboxylic acids is 2. The summed E-state index contributed by atoms with van der Waals surface area (Å²) in [5.74, 6) is 3.86. The van der Waals surface area contributed by atoms with Crippen LogP contribution in [0.15, 0.2) is 42.5 Å². The Labute approximate surface area is 259 Å². The van der Waals surface area contributed by atoms with Crippen LogP contribution < -0.4 is 0 Å². The number of rotatable bonds is 5. The Balaban J connectivity index is 0.978. The molecule has 3 unspecified atom stereocenters. The molecule has 0 bridgehead atoms. The Bertz CT molecular complexity index is 1310. The Morgan fingerprint density at radius 3 is 2.09 bits per heavy atom. The molecule has 0 amide bonds. The number of carbonyl (C=O) groups is 2. The maximum absolute atomic E-state index is 13.3. The van der Waals surface area contributed by atoms with E-state index in [0.29, 0.717) is 28.2 Å². The van der Waals surface area contributed by atoms with E-state index < -0.39 is 0 Å². The molecule has 0 N–H and O–H groups in total. The second kappa shape index (κ2) is 13.0. The first-order chi connectivity index (χ1) is 21.1. The van der Waals surface area contributed by atoms with Crippen LogP contribution in [0.5, 0.6) is 0 Å². The maximum atomic E-state index is 13.3. The van der Waals surface area contributed by atoms with E-state index in [2.05, 4.69) is 29.0 Å². The van der Waals surface area contributed by atoms with E-state index in [1.165, 1.54) is 115 Å². The predicted octanol–water partition coefficient (Wildman–Crippen LogP) is 8.48. The first kappa shape index (κ1) is 29.4. The fourth-order valence-corrected chi connectivity index (χ4v) is 10.1. The van der Waals surface area contributed by atoms with Crippen molar-refractivity contribution in [3.63, 3.8) is 0 Å². The molecular weight excluding hydrogens is 528 g/mol. The van der Waals surface area contributed by atoms with Gasteiger partial charge in [-0.1, -0.05) is 87.8 Å². The van der Waals surface area contributed by atoms with E-state index in [4.69, 9.17) is 0 Å². The van der Waals surface area contributed by atoms with Gasteiger partial charge >= 0.3 is 0 Å². The van der Waals surface area contributed by atoms with Crippen molar-refractivity contribution in [2.24, 2.45) is 23.7 Å². The average molecular weight is 581 g/mol. The van der Waals surface area contributed by atoms with Crippen molar-refractivity contribution in [1.82, 2.24) is 9.80 Å². The van der Waals surface area contributed by atoms with Gasteiger partial charge in [-0.15, -0.1) is 0 Å². The smallest absolute Gasteiger partial charge is 0.194 e. The predicted molar refractivity (Wildman–Crippen MR) is 174 cm³/mol. The molecule has 1 aliphatic heterocycles. The Morgan fingerprint density at radius 2 is 1.35 bits per heavy atom. The summed E-state index contributed by atoms with van der Waals surface area (Å²) in [6.45, 7) is 3.72. The van der Waals surface area contributed by atoms with E-state index in [1.54, 1.807) is 12.1 Å². The Kier molecular flexibility index (Phi) is 8.87. The minimum absolute atomic E-state index is 0.00914. The van der Waals surface area contributed by atoms with E-state index >= 15 is 0 Å². The molecule has 4 aliphatic carbocycles. The number of ketones is 2. The largest absolute Gasteiger partial charge is 0.289 e. The SMILES string of the molecule is CN1CN(C[C@H]2CCCC2C2CC[C@H](c3ccc4c(c3)C(=O)c3ccccc3C4=O)C2)CC1C1CCCCCCCCC1. The first-order valence-corrected chi connectivity index (χ1v) is 17.8. The van der Waals surface area contributed by atoms with Crippen LogP contribution in [0.3, 0.4) is 0 Å². The lowest BCUT2D eigenvalue weighted by Crippen LogP contribution is -2.35. The molecule has 2 aromatic carbocycles. The molecule has 0 radical (unpaired) electrons. The first-order valence-electron chi connectivity index (χ1n) is 17.8. The monoisotopic (exact) mass is 580 g/mol. The second-order valence-electron chi connectivity index (χ2n) is 14.9. The molecule has 0 aromatic heterocycles. The molecule has 3 saturated carbocycles. The van der Waals surface area contributed by atoms with Gasteiger partial charge in [-0.3, -0.25) is 19.4 Å². The molecule has 5 aliphatic rings. The topological polar surface area (TPSA) is 40.6 Å². The molecule has 7 rings (SSSR count). The molecular formula is C39H52N2O2. The highest BCUT2D eigenvalue weighted by molar-refractivity contribution is 6.28. The fourth-order valence-electron chi connectivity index (χ4n) is 10.1. The number of nitrogens with zero attached hydrogens (tertiary/aromatic N) is 2. The standard InChI is InChI=1S/C39H52N2O2/c1-40-26-41(25-37(40)27-12-7-5-3-2-4-6-8-13-27)24-31-14-11-17-32(31)30-19-18-28(22-30)29-20-21-35-36(23-29)39(43)34-16-10-9-15-33(34)38(35)42/h9-10,15-16,20-21,23,27-28,30-32,37H,2-8,11-14,17-19,22,24-26H2,1H3/t28-,30?,31+,32?,37?/m0/s1. The van der Waals surface area contributed by atoms with Gasteiger partial charge in [0.2, 0.25) is 0 Å². The molecule has 1 saturated heterocycles. The third-order valence-electron chi connectivity index (χ3n) is 12.3. The van der Waals surface area contributed by atoms with Gasteiger partial charge in [0.1, 0.15) is 0 Å². The molecule has 1 heterocycles. The van der Waals surface area contributed by atoms with E-state index in [1.807, 2.05) is 18.2 Å². The van der Waals surface area contributed by atoms with Crippen molar-refractivity contribution in [3.8, 4) is 0 Å². The van der Waals surface area contributed by atoms with Gasteiger partial charge in [0.05, 0.1) is 6.67 Å². The molecule has 5 atom stereocenters. The van der Waals surface area contributed by atoms with Crippen molar-refractivity contribution in [1.29, 1.82) is 0 Å². The summed E-state index contributed by atoms with van der Waals surface area (Å²) in [5, 5.41) is 0. The van der Waals surface area contributed by atoms with E-state index in [-0.39, 0.29) is 11.6 Å². The minimum Gasteiger partial charge on any atom is -0.289 e. The summed E-state index contributed by atoms with van der Waals surface area (Å²) in [7, 11) is 2.40. The molecule has 4 fully saturated rings. The summed E-state index contributed by atoms with van der Waals surface area (Å²) in [5.41, 5.74) is 3.58. The van der Waals surface area contributed by atoms with E-state index in [9.17, 15) is 9.59 Å². The lowest BCUT2D eigenvalue weighted by Gasteiger charge is -2.30. The fraction of sp³-hybridized carbons (Fsp3) is 0.641. The molecule has 4 nitrogen and oxygen atoms in total. The third-order valence-corrected chi connectivity index (χ3v) is 12.3. The average Bonchev–Trinajstić information content (AvgIpc) is 3.79. The Morgan fingerprint density at radius 1 is 0.674 bits per heavy atom. The molecule has 43 heavy (non-hydrogen) atoms. The van der Waals surface area contributed by atoms with Gasteiger partial charge in [0, 0.05) is 41.4 Å². The van der Waals surface area contributed by atoms with Crippen LogP contribution >= 0.6 is 0 Å². The molecule has 230 valence electrons. The number of fused-ring (bicyclic) bond motifs is 2. The van der Waals surface area contributed by atoms with Gasteiger partial charge in [0.25, 0.3) is 0 Å².